The molecule has 0 unspecified atom stereocenters. The zero-order valence-electron chi connectivity index (χ0n) is 11.4. The van der Waals surface area contributed by atoms with Gasteiger partial charge in [-0.15, -0.1) is 0 Å². The molecule has 3 N–H and O–H groups in total. The lowest BCUT2D eigenvalue weighted by atomic mass is 10.2. The maximum atomic E-state index is 11.6. The molecule has 5 heteroatoms. The molecule has 1 saturated carbocycles. The number of thiocarbonyl (C=S) groups is 1. The van der Waals surface area contributed by atoms with Gasteiger partial charge in [0.2, 0.25) is 5.91 Å². The first-order valence-electron chi connectivity index (χ1n) is 6.77. The van der Waals surface area contributed by atoms with Crippen LogP contribution in [0.2, 0.25) is 0 Å². The van der Waals surface area contributed by atoms with Crippen molar-refractivity contribution in [3.8, 4) is 0 Å². The van der Waals surface area contributed by atoms with Crippen LogP contribution in [-0.4, -0.2) is 41.5 Å². The van der Waals surface area contributed by atoms with Gasteiger partial charge < -0.3 is 16.0 Å². The Bertz CT molecular complexity index is 290. The van der Waals surface area contributed by atoms with Gasteiger partial charge >= 0.3 is 0 Å². The van der Waals surface area contributed by atoms with E-state index in [0.717, 1.165) is 38.9 Å². The number of nitrogens with two attached hydrogens (primary N) is 1. The van der Waals surface area contributed by atoms with Crippen LogP contribution in [-0.2, 0) is 4.79 Å². The Morgan fingerprint density at radius 2 is 2.00 bits per heavy atom. The third-order valence-corrected chi connectivity index (χ3v) is 3.10. The lowest BCUT2D eigenvalue weighted by Gasteiger charge is -2.23. The molecule has 1 rings (SSSR count). The second-order valence-corrected chi connectivity index (χ2v) is 6.03. The largest absolute Gasteiger partial charge is 0.393 e. The van der Waals surface area contributed by atoms with E-state index >= 15 is 0 Å². The molecule has 4 nitrogen and oxygen atoms in total. The molecule has 0 spiro atoms. The number of nitrogens with one attached hydrogen (secondary N) is 1. The third kappa shape index (κ3) is 7.61. The molecule has 18 heavy (non-hydrogen) atoms. The Labute approximate surface area is 115 Å². The van der Waals surface area contributed by atoms with Crippen molar-refractivity contribution < 1.29 is 4.79 Å². The molecule has 1 fully saturated rings. The first-order chi connectivity index (χ1) is 8.47. The second-order valence-electron chi connectivity index (χ2n) is 5.50. The summed E-state index contributed by atoms with van der Waals surface area (Å²) in [6.07, 6.45) is 3.58. The van der Waals surface area contributed by atoms with Crippen molar-refractivity contribution in [3.63, 3.8) is 0 Å². The van der Waals surface area contributed by atoms with Crippen molar-refractivity contribution in [2.75, 3.05) is 19.6 Å². The van der Waals surface area contributed by atoms with Gasteiger partial charge in [-0.3, -0.25) is 4.79 Å². The summed E-state index contributed by atoms with van der Waals surface area (Å²) in [5.74, 6) is 0.754. The maximum Gasteiger partial charge on any atom is 0.221 e. The summed E-state index contributed by atoms with van der Waals surface area (Å²) in [5, 5.41) is 3.01. The highest BCUT2D eigenvalue weighted by atomic mass is 32.1. The Morgan fingerprint density at radius 1 is 1.39 bits per heavy atom. The predicted octanol–water partition coefficient (Wildman–Crippen LogP) is 1.29. The monoisotopic (exact) mass is 271 g/mol. The van der Waals surface area contributed by atoms with Crippen molar-refractivity contribution in [2.45, 2.75) is 45.6 Å². The van der Waals surface area contributed by atoms with E-state index in [9.17, 15) is 4.79 Å². The van der Waals surface area contributed by atoms with Crippen LogP contribution < -0.4 is 11.1 Å². The fourth-order valence-corrected chi connectivity index (χ4v) is 1.96. The first-order valence-corrected chi connectivity index (χ1v) is 7.18. The quantitative estimate of drug-likeness (QED) is 0.620. The van der Waals surface area contributed by atoms with Gasteiger partial charge in [0.15, 0.2) is 0 Å². The molecule has 1 amide bonds. The maximum absolute atomic E-state index is 11.6. The van der Waals surface area contributed by atoms with E-state index in [1.807, 2.05) is 0 Å². The van der Waals surface area contributed by atoms with Crippen molar-refractivity contribution in [3.05, 3.63) is 0 Å². The van der Waals surface area contributed by atoms with Gasteiger partial charge in [-0.05, 0) is 18.8 Å². The molecule has 0 atom stereocenters. The van der Waals surface area contributed by atoms with Crippen molar-refractivity contribution in [1.82, 2.24) is 10.2 Å². The van der Waals surface area contributed by atoms with Crippen molar-refractivity contribution in [2.24, 2.45) is 11.7 Å². The summed E-state index contributed by atoms with van der Waals surface area (Å²) >= 11 is 4.90. The van der Waals surface area contributed by atoms with Crippen molar-refractivity contribution >= 4 is 23.1 Å². The SMILES string of the molecule is CC(C)CN(CCC(=O)NC1CC1)CCC(N)=S. The van der Waals surface area contributed by atoms with E-state index in [-0.39, 0.29) is 5.91 Å². The molecule has 104 valence electrons. The summed E-state index contributed by atoms with van der Waals surface area (Å²) in [4.78, 5) is 14.5. The summed E-state index contributed by atoms with van der Waals surface area (Å²) < 4.78 is 0. The minimum absolute atomic E-state index is 0.168. The average Bonchev–Trinajstić information content (AvgIpc) is 3.05. The first kappa shape index (κ1) is 15.4. The van der Waals surface area contributed by atoms with E-state index in [2.05, 4.69) is 24.1 Å². The number of amides is 1. The number of nitrogens with zero attached hydrogens (tertiary/aromatic N) is 1. The molecule has 0 aliphatic heterocycles. The fraction of sp³-hybridized carbons (Fsp3) is 0.846. The summed E-state index contributed by atoms with van der Waals surface area (Å²) in [6, 6.07) is 0.452. The molecule has 0 aromatic rings. The second kappa shape index (κ2) is 7.69. The highest BCUT2D eigenvalue weighted by molar-refractivity contribution is 7.80. The number of hydrogen-bond donors (Lipinski definition) is 2. The van der Waals surface area contributed by atoms with E-state index in [1.165, 1.54) is 0 Å². The van der Waals surface area contributed by atoms with E-state index < -0.39 is 0 Å². The smallest absolute Gasteiger partial charge is 0.221 e. The normalized spacial score (nSPS) is 15.1. The molecule has 0 radical (unpaired) electrons. The third-order valence-electron chi connectivity index (χ3n) is 2.90. The Kier molecular flexibility index (Phi) is 6.57. The number of carbonyl (C=O) groups excluding carboxylic acids is 1. The molecule has 0 aromatic heterocycles. The predicted molar refractivity (Wildman–Crippen MR) is 78.5 cm³/mol. The topological polar surface area (TPSA) is 58.4 Å². The molecule has 1 aliphatic carbocycles. The van der Waals surface area contributed by atoms with Gasteiger partial charge in [-0.1, -0.05) is 26.1 Å². The standard InChI is InChI=1S/C13H25N3OS/c1-10(2)9-16(7-5-12(14)18)8-6-13(17)15-11-3-4-11/h10-11H,3-9H2,1-2H3,(H2,14,18)(H,15,17). The van der Waals surface area contributed by atoms with Gasteiger partial charge in [-0.2, -0.15) is 0 Å². The van der Waals surface area contributed by atoms with Crippen LogP contribution in [0.5, 0.6) is 0 Å². The van der Waals surface area contributed by atoms with Crippen LogP contribution in [0.25, 0.3) is 0 Å². The molecule has 0 bridgehead atoms. The van der Waals surface area contributed by atoms with Crippen LogP contribution in [0.4, 0.5) is 0 Å². The Hall–Kier alpha value is -0.680. The lowest BCUT2D eigenvalue weighted by Crippen LogP contribution is -2.35. The molecular formula is C13H25N3OS. The molecule has 0 aromatic carbocycles. The van der Waals surface area contributed by atoms with Crippen LogP contribution in [0.1, 0.15) is 39.5 Å². The number of carbonyl (C=O) groups is 1. The average molecular weight is 271 g/mol. The fourth-order valence-electron chi connectivity index (χ4n) is 1.87. The zero-order valence-corrected chi connectivity index (χ0v) is 12.3. The lowest BCUT2D eigenvalue weighted by molar-refractivity contribution is -0.121. The van der Waals surface area contributed by atoms with E-state index in [1.54, 1.807) is 0 Å². The van der Waals surface area contributed by atoms with E-state index in [4.69, 9.17) is 18.0 Å². The van der Waals surface area contributed by atoms with Gasteiger partial charge in [-0.25, -0.2) is 0 Å². The minimum Gasteiger partial charge on any atom is -0.393 e. The Morgan fingerprint density at radius 3 is 2.50 bits per heavy atom. The minimum atomic E-state index is 0.168. The van der Waals surface area contributed by atoms with Crippen LogP contribution in [0.15, 0.2) is 0 Å². The highest BCUT2D eigenvalue weighted by Crippen LogP contribution is 2.18. The van der Waals surface area contributed by atoms with Crippen LogP contribution >= 0.6 is 12.2 Å². The molecule has 1 aliphatic rings. The number of hydrogen-bond acceptors (Lipinski definition) is 3. The van der Waals surface area contributed by atoms with Crippen molar-refractivity contribution in [1.29, 1.82) is 0 Å². The van der Waals surface area contributed by atoms with Gasteiger partial charge in [0.25, 0.3) is 0 Å². The Balaban J connectivity index is 2.24. The van der Waals surface area contributed by atoms with Crippen LogP contribution in [0, 0.1) is 5.92 Å². The zero-order chi connectivity index (χ0) is 13.5. The van der Waals surface area contributed by atoms with E-state index in [0.29, 0.717) is 23.4 Å². The number of rotatable bonds is 9. The van der Waals surface area contributed by atoms with Gasteiger partial charge in [0, 0.05) is 38.5 Å². The highest BCUT2D eigenvalue weighted by Gasteiger charge is 2.23. The van der Waals surface area contributed by atoms with Crippen LogP contribution in [0.3, 0.4) is 0 Å². The molecular weight excluding hydrogens is 246 g/mol. The molecule has 0 heterocycles. The van der Waals surface area contributed by atoms with Gasteiger partial charge in [0.05, 0.1) is 4.99 Å². The summed E-state index contributed by atoms with van der Waals surface area (Å²) in [6.45, 7) is 6.99. The van der Waals surface area contributed by atoms with Gasteiger partial charge in [0.1, 0.15) is 0 Å². The summed E-state index contributed by atoms with van der Waals surface area (Å²) in [7, 11) is 0. The summed E-state index contributed by atoms with van der Waals surface area (Å²) in [5.41, 5.74) is 5.53. The molecule has 0 saturated heterocycles.